The molecule has 0 spiro atoms. The first kappa shape index (κ1) is 26.0. The van der Waals surface area contributed by atoms with Gasteiger partial charge in [0.25, 0.3) is 0 Å². The van der Waals surface area contributed by atoms with E-state index in [0.29, 0.717) is 11.8 Å². The molecule has 41 heavy (non-hydrogen) atoms. The van der Waals surface area contributed by atoms with Crippen LogP contribution in [0, 0.1) is 0 Å². The molecular formula is C38H38N2O. The van der Waals surface area contributed by atoms with E-state index in [1.54, 1.807) is 0 Å². The van der Waals surface area contributed by atoms with Crippen molar-refractivity contribution in [1.82, 2.24) is 0 Å². The molecule has 2 fully saturated rings. The molecule has 0 unspecified atom stereocenters. The highest BCUT2D eigenvalue weighted by molar-refractivity contribution is 6.16. The first-order valence-electron chi connectivity index (χ1n) is 15.6. The molecule has 2 saturated carbocycles. The van der Waals surface area contributed by atoms with Gasteiger partial charge >= 0.3 is 0 Å². The van der Waals surface area contributed by atoms with Crippen LogP contribution >= 0.6 is 0 Å². The van der Waals surface area contributed by atoms with E-state index in [4.69, 9.17) is 14.4 Å². The number of hydrogen-bond acceptors (Lipinski definition) is 3. The van der Waals surface area contributed by atoms with Crippen LogP contribution in [-0.2, 0) is 0 Å². The minimum atomic E-state index is 0.597. The van der Waals surface area contributed by atoms with Crippen LogP contribution in [0.4, 0.5) is 11.4 Å². The average Bonchev–Trinajstić information content (AvgIpc) is 3.43. The number of para-hydroxylation sites is 3. The topological polar surface area (TPSA) is 37.9 Å². The van der Waals surface area contributed by atoms with E-state index in [-0.39, 0.29) is 0 Å². The molecule has 4 aromatic carbocycles. The number of benzene rings is 4. The largest absolute Gasteiger partial charge is 0.456 e. The Bertz CT molecular complexity index is 1710. The summed E-state index contributed by atoms with van der Waals surface area (Å²) in [5.74, 6) is 1.20. The van der Waals surface area contributed by atoms with Gasteiger partial charge in [0.05, 0.1) is 11.4 Å². The lowest BCUT2D eigenvalue weighted by Gasteiger charge is -2.23. The highest BCUT2D eigenvalue weighted by Crippen LogP contribution is 2.39. The van der Waals surface area contributed by atoms with Crippen LogP contribution in [0.1, 0.15) is 98.3 Å². The molecule has 0 radical (unpaired) electrons. The second-order valence-corrected chi connectivity index (χ2v) is 11.8. The summed E-state index contributed by atoms with van der Waals surface area (Å²) in [6.45, 7) is 0. The third-order valence-electron chi connectivity index (χ3n) is 9.26. The number of hydrogen-bond donors (Lipinski definition) is 0. The molecule has 3 nitrogen and oxygen atoms in total. The molecule has 0 saturated heterocycles. The van der Waals surface area contributed by atoms with E-state index in [9.17, 15) is 0 Å². The maximum absolute atomic E-state index is 6.27. The van der Waals surface area contributed by atoms with Gasteiger partial charge in [-0.15, -0.1) is 0 Å². The van der Waals surface area contributed by atoms with E-state index < -0.39 is 0 Å². The second-order valence-electron chi connectivity index (χ2n) is 11.8. The molecular weight excluding hydrogens is 500 g/mol. The first-order valence-corrected chi connectivity index (χ1v) is 15.6. The van der Waals surface area contributed by atoms with Crippen LogP contribution in [0.25, 0.3) is 21.9 Å². The van der Waals surface area contributed by atoms with Crippen molar-refractivity contribution >= 4 is 45.7 Å². The molecule has 1 heterocycles. The Morgan fingerprint density at radius 3 is 1.76 bits per heavy atom. The van der Waals surface area contributed by atoms with Gasteiger partial charge in [0.2, 0.25) is 0 Å². The van der Waals surface area contributed by atoms with Crippen molar-refractivity contribution in [1.29, 1.82) is 0 Å². The lowest BCUT2D eigenvalue weighted by molar-refractivity contribution is 0.444. The summed E-state index contributed by atoms with van der Waals surface area (Å²) in [6, 6.07) is 29.9. The van der Waals surface area contributed by atoms with Gasteiger partial charge in [-0.2, -0.15) is 0 Å². The zero-order valence-electron chi connectivity index (χ0n) is 23.8. The fraction of sp³-hybridized carbons (Fsp3) is 0.316. The van der Waals surface area contributed by atoms with E-state index in [1.165, 1.54) is 75.3 Å². The molecule has 7 rings (SSSR count). The minimum Gasteiger partial charge on any atom is -0.456 e. The lowest BCUT2D eigenvalue weighted by Crippen LogP contribution is -2.04. The smallest absolute Gasteiger partial charge is 0.136 e. The van der Waals surface area contributed by atoms with E-state index in [1.807, 2.05) is 18.3 Å². The van der Waals surface area contributed by atoms with Gasteiger partial charge in [-0.3, -0.25) is 9.98 Å². The fourth-order valence-corrected chi connectivity index (χ4v) is 7.11. The van der Waals surface area contributed by atoms with Gasteiger partial charge in [0.1, 0.15) is 11.2 Å². The van der Waals surface area contributed by atoms with Gasteiger partial charge in [0, 0.05) is 34.3 Å². The van der Waals surface area contributed by atoms with Gasteiger partial charge < -0.3 is 4.42 Å². The van der Waals surface area contributed by atoms with Crippen LogP contribution in [0.5, 0.6) is 0 Å². The van der Waals surface area contributed by atoms with E-state index >= 15 is 0 Å². The Balaban J connectivity index is 1.32. The van der Waals surface area contributed by atoms with Crippen molar-refractivity contribution in [2.45, 2.75) is 76.0 Å². The Labute approximate surface area is 243 Å². The third-order valence-corrected chi connectivity index (χ3v) is 9.26. The van der Waals surface area contributed by atoms with Crippen molar-refractivity contribution in [2.75, 3.05) is 0 Å². The maximum Gasteiger partial charge on any atom is 0.136 e. The summed E-state index contributed by atoms with van der Waals surface area (Å²) in [6.07, 6.45) is 17.1. The molecule has 206 valence electrons. The Kier molecular flexibility index (Phi) is 7.51. The van der Waals surface area contributed by atoms with Crippen molar-refractivity contribution in [3.05, 3.63) is 107 Å². The van der Waals surface area contributed by atoms with Crippen molar-refractivity contribution in [3.8, 4) is 0 Å². The van der Waals surface area contributed by atoms with Gasteiger partial charge in [-0.1, -0.05) is 93.1 Å². The van der Waals surface area contributed by atoms with Gasteiger partial charge in [-0.25, -0.2) is 0 Å². The van der Waals surface area contributed by atoms with Gasteiger partial charge in [0.15, 0.2) is 0 Å². The molecule has 2 aliphatic rings. The molecule has 2 aliphatic carbocycles. The quantitative estimate of drug-likeness (QED) is 0.198. The van der Waals surface area contributed by atoms with Crippen molar-refractivity contribution in [3.63, 3.8) is 0 Å². The minimum absolute atomic E-state index is 0.597. The number of nitrogens with zero attached hydrogens (tertiary/aromatic N) is 2. The molecule has 0 amide bonds. The van der Waals surface area contributed by atoms with Crippen LogP contribution in [0.3, 0.4) is 0 Å². The van der Waals surface area contributed by atoms with Crippen LogP contribution in [0.15, 0.2) is 99.3 Å². The molecule has 0 aliphatic heterocycles. The molecule has 3 heteroatoms. The Morgan fingerprint density at radius 1 is 0.537 bits per heavy atom. The Morgan fingerprint density at radius 2 is 1.10 bits per heavy atom. The molecule has 5 aromatic rings. The summed E-state index contributed by atoms with van der Waals surface area (Å²) in [4.78, 5) is 10.3. The van der Waals surface area contributed by atoms with Crippen LogP contribution < -0.4 is 0 Å². The predicted octanol–water partition coefficient (Wildman–Crippen LogP) is 11.2. The Hall–Kier alpha value is -3.98. The molecule has 0 atom stereocenters. The highest BCUT2D eigenvalue weighted by atomic mass is 16.3. The van der Waals surface area contributed by atoms with Gasteiger partial charge in [-0.05, 0) is 79.0 Å². The summed E-state index contributed by atoms with van der Waals surface area (Å²) in [7, 11) is 0. The summed E-state index contributed by atoms with van der Waals surface area (Å²) >= 11 is 0. The molecule has 0 bridgehead atoms. The van der Waals surface area contributed by atoms with E-state index in [2.05, 4.69) is 79.0 Å². The zero-order chi connectivity index (χ0) is 27.4. The fourth-order valence-electron chi connectivity index (χ4n) is 7.11. The predicted molar refractivity (Wildman–Crippen MR) is 173 cm³/mol. The standard InChI is InChI=1S/C38H38N2O/c1-3-13-27(14-4-1)30-17-7-10-20-34(30)39-25-29-23-24-37-38(32-19-9-12-22-36(32)41-37)33(29)26-40-35-21-11-8-18-31(35)28-15-5-2-6-16-28/h7-12,17-28H,1-6,13-16H2. The lowest BCUT2D eigenvalue weighted by atomic mass is 9.83. The highest BCUT2D eigenvalue weighted by Gasteiger charge is 2.20. The molecule has 1 aromatic heterocycles. The number of aliphatic imine (C=N–C) groups is 2. The van der Waals surface area contributed by atoms with Crippen molar-refractivity contribution in [2.24, 2.45) is 9.98 Å². The first-order chi connectivity index (χ1) is 20.3. The van der Waals surface area contributed by atoms with Crippen LogP contribution in [0.2, 0.25) is 0 Å². The maximum atomic E-state index is 6.27. The van der Waals surface area contributed by atoms with Crippen LogP contribution in [-0.4, -0.2) is 12.4 Å². The zero-order valence-corrected chi connectivity index (χ0v) is 23.8. The summed E-state index contributed by atoms with van der Waals surface area (Å²) < 4.78 is 6.27. The number of furan rings is 1. The van der Waals surface area contributed by atoms with E-state index in [0.717, 1.165) is 44.4 Å². The number of rotatable bonds is 6. The average molecular weight is 539 g/mol. The monoisotopic (exact) mass is 538 g/mol. The second kappa shape index (κ2) is 11.9. The summed E-state index contributed by atoms with van der Waals surface area (Å²) in [5.41, 5.74) is 8.83. The summed E-state index contributed by atoms with van der Waals surface area (Å²) in [5, 5.41) is 2.21. The SMILES string of the molecule is C(=Nc1ccccc1C1CCCCC1)c1ccc2oc3ccccc3c2c1C=Nc1ccccc1C1CCCCC1. The number of fused-ring (bicyclic) bond motifs is 3. The third kappa shape index (κ3) is 5.38. The molecule has 0 N–H and O–H groups in total. The van der Waals surface area contributed by atoms with Crippen molar-refractivity contribution < 1.29 is 4.42 Å². The normalized spacial score (nSPS) is 17.4.